The second kappa shape index (κ2) is 7.16. The molecule has 3 aromatic carbocycles. The molecule has 1 aliphatic heterocycles. The van der Waals surface area contributed by atoms with Crippen LogP contribution in [-0.2, 0) is 9.84 Å². The summed E-state index contributed by atoms with van der Waals surface area (Å²) < 4.78 is 25.5. The van der Waals surface area contributed by atoms with E-state index in [0.717, 1.165) is 16.3 Å². The number of carbonyl (C=O) groups excluding carboxylic acids is 1. The minimum Gasteiger partial charge on any atom is -0.338 e. The van der Waals surface area contributed by atoms with Gasteiger partial charge in [-0.05, 0) is 34.9 Å². The van der Waals surface area contributed by atoms with Crippen LogP contribution in [-0.4, -0.2) is 38.1 Å². The lowest BCUT2D eigenvalue weighted by Gasteiger charge is -2.20. The van der Waals surface area contributed by atoms with E-state index in [1.54, 1.807) is 4.90 Å². The molecule has 0 bridgehead atoms. The maximum atomic E-state index is 13.0. The molecule has 1 amide bonds. The predicted molar refractivity (Wildman–Crippen MR) is 107 cm³/mol. The number of sulfone groups is 1. The van der Waals surface area contributed by atoms with Crippen LogP contribution in [0.3, 0.4) is 0 Å². The highest BCUT2D eigenvalue weighted by molar-refractivity contribution is 7.91. The molecule has 5 heteroatoms. The first kappa shape index (κ1) is 17.7. The van der Waals surface area contributed by atoms with Crippen molar-refractivity contribution in [1.82, 2.24) is 4.90 Å². The minimum absolute atomic E-state index is 0.00805. The standard InChI is InChI=1S/C22H21NO3S/c24-22(20-11-10-17-6-4-5-9-19(17)16-20)23-13-12-21(27(25,26)15-14-23)18-7-2-1-3-8-18/h1-11,16,21H,12-15H2. The summed E-state index contributed by atoms with van der Waals surface area (Å²) in [5, 5.41) is 1.54. The molecular formula is C22H21NO3S. The second-order valence-corrected chi connectivity index (χ2v) is 9.21. The molecule has 0 N–H and O–H groups in total. The molecule has 1 heterocycles. The first-order valence-corrected chi connectivity index (χ1v) is 10.8. The molecule has 0 saturated carbocycles. The summed E-state index contributed by atoms with van der Waals surface area (Å²) in [4.78, 5) is 14.7. The lowest BCUT2D eigenvalue weighted by atomic mass is 10.1. The molecular weight excluding hydrogens is 358 g/mol. The van der Waals surface area contributed by atoms with Crippen molar-refractivity contribution in [2.45, 2.75) is 11.7 Å². The molecule has 1 fully saturated rings. The van der Waals surface area contributed by atoms with Crippen LogP contribution < -0.4 is 0 Å². The van der Waals surface area contributed by atoms with Gasteiger partial charge in [0, 0.05) is 18.7 Å². The molecule has 4 nitrogen and oxygen atoms in total. The number of rotatable bonds is 2. The van der Waals surface area contributed by atoms with Crippen LogP contribution in [0.25, 0.3) is 10.8 Å². The molecule has 138 valence electrons. The Morgan fingerprint density at radius 1 is 0.852 bits per heavy atom. The summed E-state index contributed by atoms with van der Waals surface area (Å²) in [6.45, 7) is 0.668. The Balaban J connectivity index is 1.58. The van der Waals surface area contributed by atoms with Crippen LogP contribution in [0.5, 0.6) is 0 Å². The van der Waals surface area contributed by atoms with Gasteiger partial charge in [-0.15, -0.1) is 0 Å². The zero-order valence-corrected chi connectivity index (χ0v) is 15.7. The number of hydrogen-bond acceptors (Lipinski definition) is 3. The average molecular weight is 379 g/mol. The van der Waals surface area contributed by atoms with Crippen molar-refractivity contribution in [2.75, 3.05) is 18.8 Å². The third-order valence-corrected chi connectivity index (χ3v) is 7.32. The molecule has 1 atom stereocenters. The van der Waals surface area contributed by atoms with E-state index in [2.05, 4.69) is 0 Å². The van der Waals surface area contributed by atoms with Gasteiger partial charge in [0.1, 0.15) is 0 Å². The Hall–Kier alpha value is -2.66. The summed E-state index contributed by atoms with van der Waals surface area (Å²) in [6, 6.07) is 22.8. The highest BCUT2D eigenvalue weighted by atomic mass is 32.2. The molecule has 27 heavy (non-hydrogen) atoms. The molecule has 0 spiro atoms. The first-order valence-electron chi connectivity index (χ1n) is 9.09. The van der Waals surface area contributed by atoms with Gasteiger partial charge >= 0.3 is 0 Å². The number of fused-ring (bicyclic) bond motifs is 1. The van der Waals surface area contributed by atoms with E-state index in [-0.39, 0.29) is 18.2 Å². The quantitative estimate of drug-likeness (QED) is 0.680. The maximum absolute atomic E-state index is 13.0. The van der Waals surface area contributed by atoms with E-state index in [1.807, 2.05) is 72.8 Å². The monoisotopic (exact) mass is 379 g/mol. The van der Waals surface area contributed by atoms with Crippen LogP contribution in [0.1, 0.15) is 27.6 Å². The average Bonchev–Trinajstić information content (AvgIpc) is 2.85. The summed E-state index contributed by atoms with van der Waals surface area (Å²) in [5.41, 5.74) is 1.40. The zero-order valence-electron chi connectivity index (χ0n) is 14.9. The molecule has 1 aliphatic rings. The largest absolute Gasteiger partial charge is 0.338 e. The third kappa shape index (κ3) is 3.60. The van der Waals surface area contributed by atoms with Gasteiger partial charge < -0.3 is 4.90 Å². The fourth-order valence-electron chi connectivity index (χ4n) is 3.69. The van der Waals surface area contributed by atoms with E-state index < -0.39 is 15.1 Å². The van der Waals surface area contributed by atoms with Crippen LogP contribution in [0.4, 0.5) is 0 Å². The minimum atomic E-state index is -3.29. The number of amides is 1. The molecule has 0 aliphatic carbocycles. The molecule has 0 radical (unpaired) electrons. The smallest absolute Gasteiger partial charge is 0.253 e. The fourth-order valence-corrected chi connectivity index (χ4v) is 5.49. The van der Waals surface area contributed by atoms with Crippen molar-refractivity contribution >= 4 is 26.5 Å². The molecule has 1 saturated heterocycles. The van der Waals surface area contributed by atoms with Crippen molar-refractivity contribution < 1.29 is 13.2 Å². The zero-order chi connectivity index (χ0) is 18.9. The van der Waals surface area contributed by atoms with E-state index in [9.17, 15) is 13.2 Å². The number of hydrogen-bond donors (Lipinski definition) is 0. The highest BCUT2D eigenvalue weighted by Gasteiger charge is 2.32. The molecule has 3 aromatic rings. The van der Waals surface area contributed by atoms with Gasteiger partial charge in [0.05, 0.1) is 11.0 Å². The Morgan fingerprint density at radius 2 is 1.56 bits per heavy atom. The van der Waals surface area contributed by atoms with Gasteiger partial charge in [-0.25, -0.2) is 8.42 Å². The van der Waals surface area contributed by atoms with Crippen LogP contribution in [0, 0.1) is 0 Å². The second-order valence-electron chi connectivity index (χ2n) is 6.91. The van der Waals surface area contributed by atoms with Gasteiger partial charge in [0.2, 0.25) is 0 Å². The summed E-state index contributed by atoms with van der Waals surface area (Å²) in [5.74, 6) is -0.115. The molecule has 0 aromatic heterocycles. The van der Waals surface area contributed by atoms with Gasteiger partial charge in [-0.2, -0.15) is 0 Å². The maximum Gasteiger partial charge on any atom is 0.253 e. The van der Waals surface area contributed by atoms with Crippen molar-refractivity contribution in [3.63, 3.8) is 0 Å². The topological polar surface area (TPSA) is 54.5 Å². The van der Waals surface area contributed by atoms with Crippen molar-refractivity contribution in [3.8, 4) is 0 Å². The predicted octanol–water partition coefficient (Wildman–Crippen LogP) is 3.84. The van der Waals surface area contributed by atoms with E-state index in [1.165, 1.54) is 0 Å². The first-order chi connectivity index (χ1) is 13.0. The Morgan fingerprint density at radius 3 is 2.33 bits per heavy atom. The van der Waals surface area contributed by atoms with Crippen LogP contribution >= 0.6 is 0 Å². The van der Waals surface area contributed by atoms with Gasteiger partial charge in [-0.1, -0.05) is 60.7 Å². The highest BCUT2D eigenvalue weighted by Crippen LogP contribution is 2.30. The van der Waals surface area contributed by atoms with Gasteiger partial charge in [-0.3, -0.25) is 4.79 Å². The third-order valence-electron chi connectivity index (χ3n) is 5.20. The van der Waals surface area contributed by atoms with Crippen molar-refractivity contribution in [2.24, 2.45) is 0 Å². The summed E-state index contributed by atoms with van der Waals surface area (Å²) in [6.07, 6.45) is 0.422. The van der Waals surface area contributed by atoms with E-state index in [4.69, 9.17) is 0 Å². The molecule has 1 unspecified atom stereocenters. The van der Waals surface area contributed by atoms with Crippen molar-refractivity contribution in [1.29, 1.82) is 0 Å². The number of carbonyl (C=O) groups is 1. The van der Waals surface area contributed by atoms with E-state index >= 15 is 0 Å². The Bertz CT molecular complexity index is 1080. The van der Waals surface area contributed by atoms with Crippen LogP contribution in [0.2, 0.25) is 0 Å². The fraction of sp³-hybridized carbons (Fsp3) is 0.227. The van der Waals surface area contributed by atoms with Gasteiger partial charge in [0.15, 0.2) is 9.84 Å². The van der Waals surface area contributed by atoms with E-state index in [0.29, 0.717) is 18.5 Å². The van der Waals surface area contributed by atoms with Crippen molar-refractivity contribution in [3.05, 3.63) is 83.9 Å². The Kier molecular flexibility index (Phi) is 4.70. The van der Waals surface area contributed by atoms with Crippen LogP contribution in [0.15, 0.2) is 72.8 Å². The Labute approximate surface area is 159 Å². The number of benzene rings is 3. The summed E-state index contributed by atoms with van der Waals surface area (Å²) in [7, 11) is -3.29. The SMILES string of the molecule is O=C(c1ccc2ccccc2c1)N1CCC(c2ccccc2)S(=O)(=O)CC1. The lowest BCUT2D eigenvalue weighted by Crippen LogP contribution is -2.33. The normalized spacial score (nSPS) is 19.6. The van der Waals surface area contributed by atoms with Gasteiger partial charge in [0.25, 0.3) is 5.91 Å². The number of nitrogens with zero attached hydrogens (tertiary/aromatic N) is 1. The molecule has 4 rings (SSSR count). The lowest BCUT2D eigenvalue weighted by molar-refractivity contribution is 0.0766. The summed E-state index contributed by atoms with van der Waals surface area (Å²) >= 11 is 0.